The molecule has 1 nitrogen and oxygen atoms in total. The Balaban J connectivity index is 0. The SMILES string of the molecule is C=CCCC=NC.CC. The van der Waals surface area contributed by atoms with Crippen LogP contribution >= 0.6 is 0 Å². The van der Waals surface area contributed by atoms with E-state index >= 15 is 0 Å². The van der Waals surface area contributed by atoms with E-state index in [0.29, 0.717) is 0 Å². The Hall–Kier alpha value is -0.590. The third-order valence-electron chi connectivity index (χ3n) is 0.682. The highest BCUT2D eigenvalue weighted by molar-refractivity contribution is 5.56. The van der Waals surface area contributed by atoms with E-state index in [-0.39, 0.29) is 0 Å². The topological polar surface area (TPSA) is 12.4 Å². The lowest BCUT2D eigenvalue weighted by Gasteiger charge is -1.78. The van der Waals surface area contributed by atoms with Gasteiger partial charge < -0.3 is 4.99 Å². The molecule has 9 heavy (non-hydrogen) atoms. The summed E-state index contributed by atoms with van der Waals surface area (Å²) in [6.07, 6.45) is 5.85. The third kappa shape index (κ3) is 18.7. The molecule has 0 aliphatic heterocycles. The van der Waals surface area contributed by atoms with Crippen molar-refractivity contribution in [1.29, 1.82) is 0 Å². The summed E-state index contributed by atoms with van der Waals surface area (Å²) in [4.78, 5) is 3.80. The van der Waals surface area contributed by atoms with Gasteiger partial charge in [-0.15, -0.1) is 6.58 Å². The lowest BCUT2D eigenvalue weighted by molar-refractivity contribution is 1.12. The number of aliphatic imine (C=N–C) groups is 1. The zero-order valence-electron chi connectivity index (χ0n) is 6.72. The summed E-state index contributed by atoms with van der Waals surface area (Å²) in [5, 5.41) is 0. The molecule has 0 fully saturated rings. The first-order chi connectivity index (χ1) is 4.41. The quantitative estimate of drug-likeness (QED) is 0.314. The Bertz CT molecular complexity index is 65.0. The second-order valence-electron chi connectivity index (χ2n) is 1.31. The molecule has 0 spiro atoms. The number of hydrogen-bond acceptors (Lipinski definition) is 1. The lowest BCUT2D eigenvalue weighted by atomic mass is 10.3. The predicted molar refractivity (Wildman–Crippen MR) is 45.2 cm³/mol. The molecular formula is C8H17N. The van der Waals surface area contributed by atoms with Gasteiger partial charge in [0.05, 0.1) is 0 Å². The van der Waals surface area contributed by atoms with Crippen molar-refractivity contribution >= 4 is 6.21 Å². The molecule has 0 N–H and O–H groups in total. The molecule has 0 saturated carbocycles. The zero-order chi connectivity index (χ0) is 7.54. The largest absolute Gasteiger partial charge is 0.301 e. The van der Waals surface area contributed by atoms with Crippen LogP contribution in [0, 0.1) is 0 Å². The standard InChI is InChI=1S/C6H11N.C2H6/c1-3-4-5-6-7-2;1-2/h3,6H,1,4-5H2,2H3;1-2H3. The molecule has 0 atom stereocenters. The second kappa shape index (κ2) is 15.7. The van der Waals surface area contributed by atoms with Crippen LogP contribution in [-0.4, -0.2) is 13.3 Å². The molecule has 0 aromatic rings. The molecule has 0 bridgehead atoms. The monoisotopic (exact) mass is 127 g/mol. The summed E-state index contributed by atoms with van der Waals surface area (Å²) < 4.78 is 0. The summed E-state index contributed by atoms with van der Waals surface area (Å²) >= 11 is 0. The van der Waals surface area contributed by atoms with Crippen LogP contribution in [-0.2, 0) is 0 Å². The Labute approximate surface area is 58.5 Å². The van der Waals surface area contributed by atoms with Crippen molar-refractivity contribution in [2.45, 2.75) is 26.7 Å². The molecule has 0 aromatic heterocycles. The first kappa shape index (κ1) is 11.2. The van der Waals surface area contributed by atoms with E-state index < -0.39 is 0 Å². The Morgan fingerprint density at radius 2 is 1.89 bits per heavy atom. The maximum atomic E-state index is 3.80. The summed E-state index contributed by atoms with van der Waals surface area (Å²) in [6, 6.07) is 0. The maximum absolute atomic E-state index is 3.80. The van der Waals surface area contributed by atoms with Crippen LogP contribution in [0.25, 0.3) is 0 Å². The average Bonchev–Trinajstić information content (AvgIpc) is 1.94. The summed E-state index contributed by atoms with van der Waals surface area (Å²) in [5.74, 6) is 0. The van der Waals surface area contributed by atoms with Gasteiger partial charge in [0.1, 0.15) is 0 Å². The Kier molecular flexibility index (Phi) is 19.5. The van der Waals surface area contributed by atoms with Gasteiger partial charge in [-0.05, 0) is 19.1 Å². The van der Waals surface area contributed by atoms with Gasteiger partial charge in [0, 0.05) is 7.05 Å². The Morgan fingerprint density at radius 1 is 1.33 bits per heavy atom. The van der Waals surface area contributed by atoms with Gasteiger partial charge in [-0.2, -0.15) is 0 Å². The molecule has 0 aliphatic rings. The second-order valence-corrected chi connectivity index (χ2v) is 1.31. The van der Waals surface area contributed by atoms with Gasteiger partial charge in [0.2, 0.25) is 0 Å². The van der Waals surface area contributed by atoms with Crippen molar-refractivity contribution in [3.8, 4) is 0 Å². The normalized spacial score (nSPS) is 8.33. The van der Waals surface area contributed by atoms with Crippen molar-refractivity contribution in [2.75, 3.05) is 7.05 Å². The molecule has 0 heterocycles. The molecule has 54 valence electrons. The van der Waals surface area contributed by atoms with E-state index in [0.717, 1.165) is 12.8 Å². The number of allylic oxidation sites excluding steroid dienone is 1. The van der Waals surface area contributed by atoms with E-state index in [1.165, 1.54) is 0 Å². The highest BCUT2D eigenvalue weighted by Gasteiger charge is 1.69. The minimum absolute atomic E-state index is 1.03. The maximum Gasteiger partial charge on any atom is 0.0273 e. The van der Waals surface area contributed by atoms with E-state index in [1.54, 1.807) is 7.05 Å². The number of unbranched alkanes of at least 4 members (excludes halogenated alkanes) is 1. The summed E-state index contributed by atoms with van der Waals surface area (Å²) in [7, 11) is 1.78. The van der Waals surface area contributed by atoms with Crippen molar-refractivity contribution in [1.82, 2.24) is 0 Å². The van der Waals surface area contributed by atoms with Crippen LogP contribution in [0.5, 0.6) is 0 Å². The molecule has 0 unspecified atom stereocenters. The van der Waals surface area contributed by atoms with Crippen molar-refractivity contribution in [3.63, 3.8) is 0 Å². The fourth-order valence-corrected chi connectivity index (χ4v) is 0.321. The van der Waals surface area contributed by atoms with Crippen LogP contribution in [0.4, 0.5) is 0 Å². The van der Waals surface area contributed by atoms with Crippen molar-refractivity contribution in [3.05, 3.63) is 12.7 Å². The number of nitrogens with zero attached hydrogens (tertiary/aromatic N) is 1. The molecule has 0 saturated heterocycles. The number of rotatable bonds is 3. The first-order valence-corrected chi connectivity index (χ1v) is 3.43. The van der Waals surface area contributed by atoms with E-state index in [2.05, 4.69) is 11.6 Å². The average molecular weight is 127 g/mol. The minimum atomic E-state index is 1.03. The minimum Gasteiger partial charge on any atom is -0.301 e. The molecule has 0 amide bonds. The van der Waals surface area contributed by atoms with Gasteiger partial charge in [-0.25, -0.2) is 0 Å². The predicted octanol–water partition coefficient (Wildman–Crippen LogP) is 2.68. The van der Waals surface area contributed by atoms with Gasteiger partial charge in [-0.1, -0.05) is 19.9 Å². The summed E-state index contributed by atoms with van der Waals surface area (Å²) in [5.41, 5.74) is 0. The fourth-order valence-electron chi connectivity index (χ4n) is 0.321. The van der Waals surface area contributed by atoms with Crippen LogP contribution in [0.2, 0.25) is 0 Å². The van der Waals surface area contributed by atoms with Gasteiger partial charge in [0.25, 0.3) is 0 Å². The van der Waals surface area contributed by atoms with Crippen molar-refractivity contribution in [2.24, 2.45) is 4.99 Å². The smallest absolute Gasteiger partial charge is 0.0273 e. The molecule has 0 aliphatic carbocycles. The van der Waals surface area contributed by atoms with Crippen LogP contribution in [0.15, 0.2) is 17.6 Å². The van der Waals surface area contributed by atoms with Crippen LogP contribution in [0.3, 0.4) is 0 Å². The molecule has 0 aromatic carbocycles. The van der Waals surface area contributed by atoms with Crippen molar-refractivity contribution < 1.29 is 0 Å². The Morgan fingerprint density at radius 3 is 2.22 bits per heavy atom. The highest BCUT2D eigenvalue weighted by atomic mass is 14.6. The van der Waals surface area contributed by atoms with Crippen LogP contribution < -0.4 is 0 Å². The van der Waals surface area contributed by atoms with Gasteiger partial charge in [0.15, 0.2) is 0 Å². The molecule has 0 radical (unpaired) electrons. The molecule has 1 heteroatoms. The van der Waals surface area contributed by atoms with E-state index in [1.807, 2.05) is 26.1 Å². The highest BCUT2D eigenvalue weighted by Crippen LogP contribution is 1.82. The van der Waals surface area contributed by atoms with Gasteiger partial charge in [-0.3, -0.25) is 0 Å². The first-order valence-electron chi connectivity index (χ1n) is 3.43. The van der Waals surface area contributed by atoms with E-state index in [9.17, 15) is 0 Å². The fraction of sp³-hybridized carbons (Fsp3) is 0.625. The number of hydrogen-bond donors (Lipinski definition) is 0. The van der Waals surface area contributed by atoms with Gasteiger partial charge >= 0.3 is 0 Å². The lowest BCUT2D eigenvalue weighted by Crippen LogP contribution is -1.69. The molecular weight excluding hydrogens is 110 g/mol. The summed E-state index contributed by atoms with van der Waals surface area (Å²) in [6.45, 7) is 7.57. The zero-order valence-corrected chi connectivity index (χ0v) is 6.72. The van der Waals surface area contributed by atoms with Crippen LogP contribution in [0.1, 0.15) is 26.7 Å². The molecule has 0 rings (SSSR count). The van der Waals surface area contributed by atoms with E-state index in [4.69, 9.17) is 0 Å². The third-order valence-corrected chi connectivity index (χ3v) is 0.682.